The molecule has 1 aromatic rings. The Balaban J connectivity index is 1.89. The first-order valence-electron chi connectivity index (χ1n) is 8.32. The van der Waals surface area contributed by atoms with Gasteiger partial charge in [0.1, 0.15) is 5.60 Å². The van der Waals surface area contributed by atoms with E-state index in [1.54, 1.807) is 0 Å². The molecule has 0 saturated carbocycles. The zero-order chi connectivity index (χ0) is 16.2. The van der Waals surface area contributed by atoms with Gasteiger partial charge in [-0.2, -0.15) is 0 Å². The Kier molecular flexibility index (Phi) is 5.59. The van der Waals surface area contributed by atoms with E-state index in [1.165, 1.54) is 5.56 Å². The summed E-state index contributed by atoms with van der Waals surface area (Å²) >= 11 is 0. The fourth-order valence-corrected chi connectivity index (χ4v) is 3.23. The molecule has 1 amide bonds. The predicted molar refractivity (Wildman–Crippen MR) is 88.7 cm³/mol. The van der Waals surface area contributed by atoms with Crippen LogP contribution in [0.2, 0.25) is 0 Å². The van der Waals surface area contributed by atoms with Crippen LogP contribution in [0, 0.1) is 0 Å². The van der Waals surface area contributed by atoms with Gasteiger partial charge in [-0.3, -0.25) is 4.79 Å². The number of fused-ring (bicyclic) bond motifs is 1. The molecule has 0 spiro atoms. The lowest BCUT2D eigenvalue weighted by atomic mass is 9.95. The van der Waals surface area contributed by atoms with Crippen molar-refractivity contribution >= 4 is 5.91 Å². The third kappa shape index (κ3) is 3.68. The van der Waals surface area contributed by atoms with E-state index in [0.717, 1.165) is 31.5 Å². The van der Waals surface area contributed by atoms with Gasteiger partial charge in [0, 0.05) is 32.1 Å². The van der Waals surface area contributed by atoms with Gasteiger partial charge in [0.25, 0.3) is 0 Å². The fraction of sp³-hybridized carbons (Fsp3) is 0.611. The SMILES string of the molecule is CCN(CC)C(=O)CC(C)NCC1(O)CCc2ccccc21. The van der Waals surface area contributed by atoms with Gasteiger partial charge in [-0.15, -0.1) is 0 Å². The number of amides is 1. The van der Waals surface area contributed by atoms with Crippen molar-refractivity contribution in [2.75, 3.05) is 19.6 Å². The minimum atomic E-state index is -0.802. The van der Waals surface area contributed by atoms with Crippen molar-refractivity contribution in [3.05, 3.63) is 35.4 Å². The number of hydrogen-bond acceptors (Lipinski definition) is 3. The van der Waals surface area contributed by atoms with Crippen molar-refractivity contribution in [2.24, 2.45) is 0 Å². The lowest BCUT2D eigenvalue weighted by Gasteiger charge is -2.27. The van der Waals surface area contributed by atoms with Gasteiger partial charge in [-0.25, -0.2) is 0 Å². The molecule has 2 rings (SSSR count). The van der Waals surface area contributed by atoms with Crippen molar-refractivity contribution in [1.29, 1.82) is 0 Å². The van der Waals surface area contributed by atoms with Gasteiger partial charge in [-0.1, -0.05) is 24.3 Å². The predicted octanol–water partition coefficient (Wildman–Crippen LogP) is 2.06. The first-order chi connectivity index (χ1) is 10.5. The number of nitrogens with one attached hydrogen (secondary N) is 1. The van der Waals surface area contributed by atoms with Crippen molar-refractivity contribution in [3.8, 4) is 0 Å². The Bertz CT molecular complexity index is 514. The van der Waals surface area contributed by atoms with Crippen LogP contribution in [-0.4, -0.2) is 41.6 Å². The van der Waals surface area contributed by atoms with Crippen LogP contribution in [-0.2, 0) is 16.8 Å². The molecule has 0 bridgehead atoms. The molecule has 22 heavy (non-hydrogen) atoms. The average Bonchev–Trinajstić information content (AvgIpc) is 2.85. The lowest BCUT2D eigenvalue weighted by molar-refractivity contribution is -0.131. The summed E-state index contributed by atoms with van der Waals surface area (Å²) in [6, 6.07) is 8.15. The summed E-state index contributed by atoms with van der Waals surface area (Å²) in [5.41, 5.74) is 1.46. The number of nitrogens with zero attached hydrogens (tertiary/aromatic N) is 1. The van der Waals surface area contributed by atoms with E-state index in [2.05, 4.69) is 11.4 Å². The zero-order valence-corrected chi connectivity index (χ0v) is 13.9. The molecule has 4 heteroatoms. The fourth-order valence-electron chi connectivity index (χ4n) is 3.23. The molecule has 2 N–H and O–H groups in total. The summed E-state index contributed by atoms with van der Waals surface area (Å²) in [7, 11) is 0. The summed E-state index contributed by atoms with van der Waals surface area (Å²) in [6.07, 6.45) is 2.14. The standard InChI is InChI=1S/C18H28N2O2/c1-4-20(5-2)17(21)12-14(3)19-13-18(22)11-10-15-8-6-7-9-16(15)18/h6-9,14,19,22H,4-5,10-13H2,1-3H3. The Labute approximate surface area is 133 Å². The Hall–Kier alpha value is -1.39. The summed E-state index contributed by atoms with van der Waals surface area (Å²) in [5.74, 6) is 0.170. The van der Waals surface area contributed by atoms with Gasteiger partial charge in [0.15, 0.2) is 0 Å². The van der Waals surface area contributed by atoms with Crippen molar-refractivity contribution < 1.29 is 9.90 Å². The number of carbonyl (C=O) groups is 1. The van der Waals surface area contributed by atoms with E-state index in [9.17, 15) is 9.90 Å². The quantitative estimate of drug-likeness (QED) is 0.811. The second-order valence-corrected chi connectivity index (χ2v) is 6.24. The molecule has 0 fully saturated rings. The molecule has 0 aromatic heterocycles. The Morgan fingerprint density at radius 2 is 2.05 bits per heavy atom. The van der Waals surface area contributed by atoms with Crippen LogP contribution in [0.5, 0.6) is 0 Å². The van der Waals surface area contributed by atoms with E-state index < -0.39 is 5.60 Å². The third-order valence-electron chi connectivity index (χ3n) is 4.67. The highest BCUT2D eigenvalue weighted by atomic mass is 16.3. The topological polar surface area (TPSA) is 52.6 Å². The highest BCUT2D eigenvalue weighted by Crippen LogP contribution is 2.36. The zero-order valence-electron chi connectivity index (χ0n) is 13.9. The van der Waals surface area contributed by atoms with Gasteiger partial charge in [0.05, 0.1) is 0 Å². The molecule has 2 unspecified atom stereocenters. The van der Waals surface area contributed by atoms with E-state index in [4.69, 9.17) is 0 Å². The van der Waals surface area contributed by atoms with Crippen molar-refractivity contribution in [3.63, 3.8) is 0 Å². The number of aryl methyl sites for hydroxylation is 1. The van der Waals surface area contributed by atoms with E-state index in [0.29, 0.717) is 13.0 Å². The molecule has 4 nitrogen and oxygen atoms in total. The molecule has 1 aliphatic carbocycles. The van der Waals surface area contributed by atoms with Gasteiger partial charge < -0.3 is 15.3 Å². The van der Waals surface area contributed by atoms with E-state index >= 15 is 0 Å². The normalized spacial score (nSPS) is 21.5. The number of carbonyl (C=O) groups excluding carboxylic acids is 1. The Morgan fingerprint density at radius 3 is 2.73 bits per heavy atom. The van der Waals surface area contributed by atoms with Gasteiger partial charge in [0.2, 0.25) is 5.91 Å². The molecular weight excluding hydrogens is 276 g/mol. The van der Waals surface area contributed by atoms with Crippen LogP contribution in [0.4, 0.5) is 0 Å². The molecule has 1 aromatic carbocycles. The monoisotopic (exact) mass is 304 g/mol. The summed E-state index contributed by atoms with van der Waals surface area (Å²) in [4.78, 5) is 14.0. The van der Waals surface area contributed by atoms with Crippen LogP contribution in [0.1, 0.15) is 44.7 Å². The van der Waals surface area contributed by atoms with Crippen LogP contribution >= 0.6 is 0 Å². The minimum absolute atomic E-state index is 0.0601. The maximum absolute atomic E-state index is 12.1. The van der Waals surface area contributed by atoms with Gasteiger partial charge in [-0.05, 0) is 44.7 Å². The first kappa shape index (κ1) is 17.0. The molecule has 122 valence electrons. The Morgan fingerprint density at radius 1 is 1.36 bits per heavy atom. The molecule has 2 atom stereocenters. The lowest BCUT2D eigenvalue weighted by Crippen LogP contribution is -2.43. The van der Waals surface area contributed by atoms with Crippen LogP contribution in [0.25, 0.3) is 0 Å². The van der Waals surface area contributed by atoms with Crippen LogP contribution in [0.3, 0.4) is 0 Å². The molecule has 0 heterocycles. The smallest absolute Gasteiger partial charge is 0.224 e. The largest absolute Gasteiger partial charge is 0.384 e. The molecule has 0 aliphatic heterocycles. The molecule has 0 radical (unpaired) electrons. The van der Waals surface area contributed by atoms with E-state index in [1.807, 2.05) is 43.9 Å². The molecule has 1 aliphatic rings. The number of benzene rings is 1. The van der Waals surface area contributed by atoms with Gasteiger partial charge >= 0.3 is 0 Å². The number of aliphatic hydroxyl groups is 1. The highest BCUT2D eigenvalue weighted by molar-refractivity contribution is 5.76. The molecule has 0 saturated heterocycles. The second-order valence-electron chi connectivity index (χ2n) is 6.24. The van der Waals surface area contributed by atoms with Crippen molar-refractivity contribution in [2.45, 2.75) is 51.7 Å². The minimum Gasteiger partial charge on any atom is -0.384 e. The maximum atomic E-state index is 12.1. The maximum Gasteiger partial charge on any atom is 0.224 e. The van der Waals surface area contributed by atoms with Crippen LogP contribution in [0.15, 0.2) is 24.3 Å². The summed E-state index contributed by atoms with van der Waals surface area (Å²) in [5, 5.41) is 14.2. The third-order valence-corrected chi connectivity index (χ3v) is 4.67. The van der Waals surface area contributed by atoms with Crippen LogP contribution < -0.4 is 5.32 Å². The highest BCUT2D eigenvalue weighted by Gasteiger charge is 2.36. The van der Waals surface area contributed by atoms with Crippen molar-refractivity contribution in [1.82, 2.24) is 10.2 Å². The summed E-state index contributed by atoms with van der Waals surface area (Å²) < 4.78 is 0. The summed E-state index contributed by atoms with van der Waals surface area (Å²) in [6.45, 7) is 8.00. The second kappa shape index (κ2) is 7.25. The number of hydrogen-bond donors (Lipinski definition) is 2. The molecular formula is C18H28N2O2. The first-order valence-corrected chi connectivity index (χ1v) is 8.32. The number of rotatable bonds is 7. The average molecular weight is 304 g/mol. The van der Waals surface area contributed by atoms with E-state index in [-0.39, 0.29) is 11.9 Å².